The minimum absolute atomic E-state index is 0.355. The lowest BCUT2D eigenvalue weighted by molar-refractivity contribution is 0.114. The van der Waals surface area contributed by atoms with Crippen LogP contribution in [0.4, 0.5) is 0 Å². The van der Waals surface area contributed by atoms with Crippen LogP contribution in [-0.4, -0.2) is 42.3 Å². The van der Waals surface area contributed by atoms with E-state index in [9.17, 15) is 0 Å². The summed E-state index contributed by atoms with van der Waals surface area (Å²) >= 11 is 3.62. The molecule has 0 N–H and O–H groups in total. The number of nitrogens with zero attached hydrogens (tertiary/aromatic N) is 3. The number of allylic oxidation sites excluding steroid dienone is 1. The predicted octanol–water partition coefficient (Wildman–Crippen LogP) is 5.80. The van der Waals surface area contributed by atoms with Crippen LogP contribution < -0.4 is 0 Å². The minimum atomic E-state index is 0.355. The SMILES string of the molecule is BrC(=C\c1ccccc1)/C=N/N1CCN(C2c3ccccc3-c3ccccc32)CC1. The van der Waals surface area contributed by atoms with Crippen LogP contribution in [0.3, 0.4) is 0 Å². The van der Waals surface area contributed by atoms with Crippen LogP contribution in [0.1, 0.15) is 22.7 Å². The average Bonchev–Trinajstić information content (AvgIpc) is 3.13. The molecule has 5 rings (SSSR count). The van der Waals surface area contributed by atoms with Gasteiger partial charge in [0.1, 0.15) is 0 Å². The molecule has 0 saturated carbocycles. The largest absolute Gasteiger partial charge is 0.294 e. The van der Waals surface area contributed by atoms with Crippen molar-refractivity contribution in [3.8, 4) is 11.1 Å². The van der Waals surface area contributed by atoms with Crippen LogP contribution in [0.15, 0.2) is 88.4 Å². The normalized spacial score (nSPS) is 17.4. The third-order valence-corrected chi connectivity index (χ3v) is 6.34. The molecule has 3 aromatic carbocycles. The van der Waals surface area contributed by atoms with Gasteiger partial charge >= 0.3 is 0 Å². The first-order valence-electron chi connectivity index (χ1n) is 10.4. The second kappa shape index (κ2) is 8.58. The highest BCUT2D eigenvalue weighted by molar-refractivity contribution is 9.12. The summed E-state index contributed by atoms with van der Waals surface area (Å²) in [6, 6.07) is 28.3. The fourth-order valence-electron chi connectivity index (χ4n) is 4.49. The summed E-state index contributed by atoms with van der Waals surface area (Å²) in [4.78, 5) is 2.60. The fraction of sp³-hybridized carbons (Fsp3) is 0.192. The molecule has 0 bridgehead atoms. The van der Waals surface area contributed by atoms with Crippen molar-refractivity contribution in [1.29, 1.82) is 0 Å². The molecule has 0 spiro atoms. The first-order chi connectivity index (χ1) is 14.8. The highest BCUT2D eigenvalue weighted by atomic mass is 79.9. The molecular weight excluding hydrogens is 434 g/mol. The lowest BCUT2D eigenvalue weighted by Gasteiger charge is -2.37. The maximum Gasteiger partial charge on any atom is 0.0615 e. The van der Waals surface area contributed by atoms with Crippen molar-refractivity contribution >= 4 is 28.2 Å². The second-order valence-electron chi connectivity index (χ2n) is 7.75. The zero-order valence-electron chi connectivity index (χ0n) is 16.8. The summed E-state index contributed by atoms with van der Waals surface area (Å²) in [5.74, 6) is 0. The van der Waals surface area contributed by atoms with Gasteiger partial charge in [0.05, 0.1) is 12.3 Å². The Kier molecular flexibility index (Phi) is 5.52. The van der Waals surface area contributed by atoms with E-state index in [0.717, 1.165) is 30.7 Å². The van der Waals surface area contributed by atoms with E-state index in [1.54, 1.807) is 0 Å². The maximum absolute atomic E-state index is 4.70. The summed E-state index contributed by atoms with van der Waals surface area (Å²) in [5.41, 5.74) is 6.80. The Labute approximate surface area is 186 Å². The third-order valence-electron chi connectivity index (χ3n) is 5.91. The van der Waals surface area contributed by atoms with Crippen molar-refractivity contribution in [2.45, 2.75) is 6.04 Å². The van der Waals surface area contributed by atoms with E-state index >= 15 is 0 Å². The molecule has 30 heavy (non-hydrogen) atoms. The van der Waals surface area contributed by atoms with E-state index < -0.39 is 0 Å². The number of rotatable bonds is 4. The molecule has 2 aliphatic rings. The summed E-state index contributed by atoms with van der Waals surface area (Å²) in [6.07, 6.45) is 4.00. The van der Waals surface area contributed by atoms with Gasteiger partial charge in [0.2, 0.25) is 0 Å². The van der Waals surface area contributed by atoms with Crippen molar-refractivity contribution < 1.29 is 0 Å². The summed E-state index contributed by atoms with van der Waals surface area (Å²) in [5, 5.41) is 6.87. The smallest absolute Gasteiger partial charge is 0.0615 e. The van der Waals surface area contributed by atoms with Gasteiger partial charge in [0, 0.05) is 30.7 Å². The molecule has 1 aliphatic heterocycles. The van der Waals surface area contributed by atoms with Crippen LogP contribution >= 0.6 is 15.9 Å². The molecule has 0 amide bonds. The molecule has 1 heterocycles. The fourth-order valence-corrected chi connectivity index (χ4v) is 4.85. The second-order valence-corrected chi connectivity index (χ2v) is 8.67. The van der Waals surface area contributed by atoms with Gasteiger partial charge in [-0.25, -0.2) is 0 Å². The highest BCUT2D eigenvalue weighted by Crippen LogP contribution is 2.46. The standard InChI is InChI=1S/C26H24BrN3/c27-21(18-20-8-2-1-3-9-20)19-28-30-16-14-29(15-17-30)26-24-12-6-4-10-22(24)23-11-5-7-13-25(23)26/h1-13,18-19,26H,14-17H2/b21-18-,28-19+. The number of hydrazone groups is 1. The van der Waals surface area contributed by atoms with Crippen molar-refractivity contribution in [1.82, 2.24) is 9.91 Å². The van der Waals surface area contributed by atoms with Crippen LogP contribution in [0, 0.1) is 0 Å². The third kappa shape index (κ3) is 3.85. The van der Waals surface area contributed by atoms with Crippen molar-refractivity contribution in [2.24, 2.45) is 5.10 Å². The molecule has 0 aromatic heterocycles. The molecular formula is C26H24BrN3. The molecule has 3 nitrogen and oxygen atoms in total. The molecule has 0 unspecified atom stereocenters. The van der Waals surface area contributed by atoms with Crippen molar-refractivity contribution in [3.05, 3.63) is 100 Å². The maximum atomic E-state index is 4.70. The Hall–Kier alpha value is -2.69. The average molecular weight is 458 g/mol. The molecule has 1 aliphatic carbocycles. The highest BCUT2D eigenvalue weighted by Gasteiger charge is 2.33. The minimum Gasteiger partial charge on any atom is -0.294 e. The number of piperazine rings is 1. The van der Waals surface area contributed by atoms with Gasteiger partial charge in [-0.1, -0.05) is 78.9 Å². The Bertz CT molecular complexity index is 1040. The molecule has 0 atom stereocenters. The van der Waals surface area contributed by atoms with E-state index in [-0.39, 0.29) is 0 Å². The van der Waals surface area contributed by atoms with Crippen molar-refractivity contribution in [3.63, 3.8) is 0 Å². The van der Waals surface area contributed by atoms with Crippen LogP contribution in [0.2, 0.25) is 0 Å². The number of halogens is 1. The van der Waals surface area contributed by atoms with Gasteiger partial charge in [0.25, 0.3) is 0 Å². The monoisotopic (exact) mass is 457 g/mol. The molecule has 1 saturated heterocycles. The number of fused-ring (bicyclic) bond motifs is 3. The van der Waals surface area contributed by atoms with Gasteiger partial charge in [-0.2, -0.15) is 5.10 Å². The van der Waals surface area contributed by atoms with Gasteiger partial charge in [-0.15, -0.1) is 0 Å². The first kappa shape index (κ1) is 19.3. The van der Waals surface area contributed by atoms with Crippen LogP contribution in [0.25, 0.3) is 17.2 Å². The van der Waals surface area contributed by atoms with Gasteiger partial charge in [-0.05, 0) is 49.8 Å². The number of hydrogen-bond acceptors (Lipinski definition) is 3. The topological polar surface area (TPSA) is 18.8 Å². The Balaban J connectivity index is 1.27. The quantitative estimate of drug-likeness (QED) is 0.461. The molecule has 3 aromatic rings. The van der Waals surface area contributed by atoms with E-state index in [1.165, 1.54) is 27.8 Å². The summed E-state index contributed by atoms with van der Waals surface area (Å²) < 4.78 is 0.981. The lowest BCUT2D eigenvalue weighted by atomic mass is 10.0. The zero-order valence-corrected chi connectivity index (χ0v) is 18.4. The Morgan fingerprint density at radius 3 is 1.97 bits per heavy atom. The molecule has 0 radical (unpaired) electrons. The Morgan fingerprint density at radius 1 is 0.767 bits per heavy atom. The van der Waals surface area contributed by atoms with Gasteiger partial charge < -0.3 is 0 Å². The molecule has 150 valence electrons. The molecule has 4 heteroatoms. The van der Waals surface area contributed by atoms with Gasteiger partial charge in [-0.3, -0.25) is 9.91 Å². The van der Waals surface area contributed by atoms with Crippen molar-refractivity contribution in [2.75, 3.05) is 26.2 Å². The van der Waals surface area contributed by atoms with E-state index in [2.05, 4.69) is 92.6 Å². The number of hydrogen-bond donors (Lipinski definition) is 0. The lowest BCUT2D eigenvalue weighted by Crippen LogP contribution is -2.45. The summed E-state index contributed by atoms with van der Waals surface area (Å²) in [7, 11) is 0. The van der Waals surface area contributed by atoms with E-state index in [0.29, 0.717) is 6.04 Å². The van der Waals surface area contributed by atoms with E-state index in [1.807, 2.05) is 24.4 Å². The Morgan fingerprint density at radius 2 is 1.33 bits per heavy atom. The summed E-state index contributed by atoms with van der Waals surface area (Å²) in [6.45, 7) is 3.88. The first-order valence-corrected chi connectivity index (χ1v) is 11.2. The van der Waals surface area contributed by atoms with Crippen LogP contribution in [0.5, 0.6) is 0 Å². The zero-order chi connectivity index (χ0) is 20.3. The number of benzene rings is 3. The predicted molar refractivity (Wildman–Crippen MR) is 129 cm³/mol. The van der Waals surface area contributed by atoms with Crippen LogP contribution in [-0.2, 0) is 0 Å². The van der Waals surface area contributed by atoms with E-state index in [4.69, 9.17) is 5.10 Å². The molecule has 1 fully saturated rings. The van der Waals surface area contributed by atoms with Gasteiger partial charge in [0.15, 0.2) is 0 Å².